The van der Waals surface area contributed by atoms with Crippen LogP contribution in [0.25, 0.3) is 0 Å². The van der Waals surface area contributed by atoms with Crippen LogP contribution < -0.4 is 0 Å². The second kappa shape index (κ2) is 12.9. The fourth-order valence-corrected chi connectivity index (χ4v) is 0.778. The lowest BCUT2D eigenvalue weighted by Crippen LogP contribution is -2.07. The Hall–Kier alpha value is -1.05. The largest absolute Gasteiger partial charge is 0.477 e. The molecule has 0 radical (unpaired) electrons. The third-order valence-corrected chi connectivity index (χ3v) is 1.67. The van der Waals surface area contributed by atoms with E-state index in [9.17, 15) is 0 Å². The Labute approximate surface area is 94.8 Å². The number of rotatable bonds is 6. The molecule has 2 nitrogen and oxygen atoms in total. The number of hydrogen-bond donors (Lipinski definition) is 0. The maximum atomic E-state index is 5.45. The predicted octanol–water partition coefficient (Wildman–Crippen LogP) is 4.34. The van der Waals surface area contributed by atoms with E-state index in [1.54, 1.807) is 0 Å². The fourth-order valence-electron chi connectivity index (χ4n) is 0.778. The van der Waals surface area contributed by atoms with Crippen molar-refractivity contribution in [1.82, 2.24) is 0 Å². The van der Waals surface area contributed by atoms with Crippen molar-refractivity contribution in [1.29, 1.82) is 0 Å². The van der Waals surface area contributed by atoms with Crippen LogP contribution in [0.4, 0.5) is 0 Å². The van der Waals surface area contributed by atoms with E-state index >= 15 is 0 Å². The molecule has 0 heterocycles. The third-order valence-electron chi connectivity index (χ3n) is 1.67. The average Bonchev–Trinajstić information content (AvgIpc) is 2.30. The second-order valence-electron chi connectivity index (χ2n) is 2.78. The maximum absolute atomic E-state index is 5.45. The van der Waals surface area contributed by atoms with Gasteiger partial charge >= 0.3 is 0 Å². The smallest absolute Gasteiger partial charge is 0.215 e. The van der Waals surface area contributed by atoms with E-state index in [0.717, 1.165) is 24.8 Å². The van der Waals surface area contributed by atoms with Gasteiger partial charge in [-0.25, -0.2) is 4.99 Å². The van der Waals surface area contributed by atoms with E-state index < -0.39 is 0 Å². The first-order valence-corrected chi connectivity index (χ1v) is 5.75. The molecule has 0 unspecified atom stereocenters. The molecular weight excluding hydrogens is 186 g/mol. The second-order valence-corrected chi connectivity index (χ2v) is 2.78. The van der Waals surface area contributed by atoms with Crippen molar-refractivity contribution >= 4 is 5.90 Å². The van der Waals surface area contributed by atoms with Crippen LogP contribution in [0.1, 0.15) is 47.0 Å². The minimum absolute atomic E-state index is 0.631. The molecule has 0 aromatic carbocycles. The van der Waals surface area contributed by atoms with Crippen molar-refractivity contribution < 1.29 is 4.74 Å². The molecule has 2 heteroatoms. The minimum Gasteiger partial charge on any atom is -0.477 e. The zero-order chi connectivity index (χ0) is 12.1. The SMILES string of the molecule is C=CN=C(OCCCC)C(=C)CC.CC. The summed E-state index contributed by atoms with van der Waals surface area (Å²) in [5, 5.41) is 0. The quantitative estimate of drug-likeness (QED) is 0.364. The Morgan fingerprint density at radius 2 is 1.93 bits per heavy atom. The fraction of sp³-hybridized carbons (Fsp3) is 0.615. The highest BCUT2D eigenvalue weighted by atomic mass is 16.5. The van der Waals surface area contributed by atoms with Crippen LogP contribution in [-0.4, -0.2) is 12.5 Å². The van der Waals surface area contributed by atoms with Crippen LogP contribution in [0.5, 0.6) is 0 Å². The highest BCUT2D eigenvalue weighted by molar-refractivity contribution is 5.93. The molecule has 15 heavy (non-hydrogen) atoms. The summed E-state index contributed by atoms with van der Waals surface area (Å²) in [5.41, 5.74) is 0.927. The maximum Gasteiger partial charge on any atom is 0.215 e. The lowest BCUT2D eigenvalue weighted by Gasteiger charge is -2.08. The predicted molar refractivity (Wildman–Crippen MR) is 69.3 cm³/mol. The molecule has 0 bridgehead atoms. The average molecular weight is 211 g/mol. The molecule has 0 amide bonds. The molecule has 0 aliphatic carbocycles. The molecule has 0 aromatic heterocycles. The number of aliphatic imine (C=N–C) groups is 1. The summed E-state index contributed by atoms with van der Waals surface area (Å²) in [7, 11) is 0. The van der Waals surface area contributed by atoms with E-state index in [1.807, 2.05) is 20.8 Å². The number of nitrogens with zero attached hydrogens (tertiary/aromatic N) is 1. The van der Waals surface area contributed by atoms with E-state index in [0.29, 0.717) is 12.5 Å². The lowest BCUT2D eigenvalue weighted by atomic mass is 10.2. The van der Waals surface area contributed by atoms with E-state index in [4.69, 9.17) is 4.74 Å². The molecule has 0 saturated carbocycles. The Bertz CT molecular complexity index is 195. The Morgan fingerprint density at radius 3 is 2.33 bits per heavy atom. The number of ether oxygens (including phenoxy) is 1. The summed E-state index contributed by atoms with van der Waals surface area (Å²) >= 11 is 0. The summed E-state index contributed by atoms with van der Waals surface area (Å²) in [6.07, 6.45) is 4.52. The highest BCUT2D eigenvalue weighted by Crippen LogP contribution is 2.03. The molecule has 0 saturated heterocycles. The van der Waals surface area contributed by atoms with E-state index in [2.05, 4.69) is 25.1 Å². The van der Waals surface area contributed by atoms with Gasteiger partial charge in [-0.1, -0.05) is 47.3 Å². The lowest BCUT2D eigenvalue weighted by molar-refractivity contribution is 0.296. The van der Waals surface area contributed by atoms with Gasteiger partial charge in [0, 0.05) is 11.8 Å². The summed E-state index contributed by atoms with van der Waals surface area (Å²) in [4.78, 5) is 4.03. The molecule has 0 aromatic rings. The molecule has 0 N–H and O–H groups in total. The first kappa shape index (κ1) is 16.4. The van der Waals surface area contributed by atoms with Crippen molar-refractivity contribution in [3.63, 3.8) is 0 Å². The van der Waals surface area contributed by atoms with Crippen LogP contribution in [-0.2, 0) is 4.74 Å². The van der Waals surface area contributed by atoms with Gasteiger partial charge in [-0.2, -0.15) is 0 Å². The monoisotopic (exact) mass is 211 g/mol. The van der Waals surface area contributed by atoms with Gasteiger partial charge in [0.05, 0.1) is 6.61 Å². The van der Waals surface area contributed by atoms with Gasteiger partial charge in [-0.3, -0.25) is 0 Å². The van der Waals surface area contributed by atoms with Gasteiger partial charge < -0.3 is 4.74 Å². The summed E-state index contributed by atoms with van der Waals surface area (Å²) in [5.74, 6) is 0.631. The van der Waals surface area contributed by atoms with E-state index in [1.165, 1.54) is 6.20 Å². The molecular formula is C13H25NO. The van der Waals surface area contributed by atoms with E-state index in [-0.39, 0.29) is 0 Å². The molecule has 0 aliphatic heterocycles. The molecule has 0 aliphatic rings. The Morgan fingerprint density at radius 1 is 1.33 bits per heavy atom. The van der Waals surface area contributed by atoms with Gasteiger partial charge in [0.25, 0.3) is 0 Å². The topological polar surface area (TPSA) is 21.6 Å². The van der Waals surface area contributed by atoms with Crippen molar-refractivity contribution in [2.24, 2.45) is 4.99 Å². The van der Waals surface area contributed by atoms with Gasteiger partial charge in [-0.15, -0.1) is 0 Å². The van der Waals surface area contributed by atoms with Crippen molar-refractivity contribution in [3.05, 3.63) is 24.9 Å². The summed E-state index contributed by atoms with van der Waals surface area (Å²) < 4.78 is 5.45. The summed E-state index contributed by atoms with van der Waals surface area (Å²) in [6, 6.07) is 0. The molecule has 0 fully saturated rings. The van der Waals surface area contributed by atoms with Crippen LogP contribution >= 0.6 is 0 Å². The normalized spacial score (nSPS) is 10.0. The van der Waals surface area contributed by atoms with Gasteiger partial charge in [-0.05, 0) is 12.8 Å². The summed E-state index contributed by atoms with van der Waals surface area (Å²) in [6.45, 7) is 16.3. The van der Waals surface area contributed by atoms with Crippen LogP contribution in [0.3, 0.4) is 0 Å². The molecule has 0 atom stereocenters. The third kappa shape index (κ3) is 9.26. The minimum atomic E-state index is 0.631. The van der Waals surface area contributed by atoms with Crippen molar-refractivity contribution in [3.8, 4) is 0 Å². The first-order chi connectivity index (χ1) is 7.26. The highest BCUT2D eigenvalue weighted by Gasteiger charge is 2.02. The number of unbranched alkanes of at least 4 members (excludes halogenated alkanes) is 1. The standard InChI is InChI=1S/C11H19NO.C2H6/c1-5-8-9-13-11(12-7-3)10(4)6-2;1-2/h7H,3-6,8-9H2,1-2H3;1-2H3. The first-order valence-electron chi connectivity index (χ1n) is 5.75. The van der Waals surface area contributed by atoms with Crippen molar-refractivity contribution in [2.45, 2.75) is 47.0 Å². The van der Waals surface area contributed by atoms with Crippen LogP contribution in [0, 0.1) is 0 Å². The molecule has 88 valence electrons. The Balaban J connectivity index is 0. The zero-order valence-electron chi connectivity index (χ0n) is 10.7. The van der Waals surface area contributed by atoms with Gasteiger partial charge in [0.2, 0.25) is 5.90 Å². The zero-order valence-corrected chi connectivity index (χ0v) is 10.7. The van der Waals surface area contributed by atoms with Gasteiger partial charge in [0.1, 0.15) is 0 Å². The molecule has 0 spiro atoms. The van der Waals surface area contributed by atoms with Crippen LogP contribution in [0.15, 0.2) is 29.9 Å². The van der Waals surface area contributed by atoms with Gasteiger partial charge in [0.15, 0.2) is 0 Å². The van der Waals surface area contributed by atoms with Crippen LogP contribution in [0.2, 0.25) is 0 Å². The Kier molecular flexibility index (Phi) is 14.1. The van der Waals surface area contributed by atoms with Crippen molar-refractivity contribution in [2.75, 3.05) is 6.61 Å². The molecule has 0 rings (SSSR count). The number of hydrogen-bond acceptors (Lipinski definition) is 2.